The van der Waals surface area contributed by atoms with Gasteiger partial charge in [0, 0.05) is 16.7 Å². The summed E-state index contributed by atoms with van der Waals surface area (Å²) in [7, 11) is 0. The monoisotopic (exact) mass is 647 g/mol. The van der Waals surface area contributed by atoms with Crippen LogP contribution in [0.25, 0.3) is 78.0 Å². The number of hydrogen-bond acceptors (Lipinski definition) is 3. The van der Waals surface area contributed by atoms with Crippen molar-refractivity contribution in [3.63, 3.8) is 0 Å². The topological polar surface area (TPSA) is 38.7 Å². The predicted molar refractivity (Wildman–Crippen MR) is 207 cm³/mol. The Hall–Kier alpha value is -6.71. The molecular formula is C48H29N3. The molecule has 0 saturated heterocycles. The molecule has 0 atom stereocenters. The van der Waals surface area contributed by atoms with Gasteiger partial charge in [0.05, 0.1) is 5.41 Å². The average Bonchev–Trinajstić information content (AvgIpc) is 3.68. The first kappa shape index (κ1) is 28.2. The summed E-state index contributed by atoms with van der Waals surface area (Å²) in [5.74, 6) is 1.96. The van der Waals surface area contributed by atoms with Crippen LogP contribution >= 0.6 is 0 Å². The van der Waals surface area contributed by atoms with Crippen LogP contribution in [0.4, 0.5) is 0 Å². The molecule has 0 aliphatic heterocycles. The van der Waals surface area contributed by atoms with Crippen LogP contribution in [0.2, 0.25) is 0 Å². The molecule has 0 bridgehead atoms. The van der Waals surface area contributed by atoms with Gasteiger partial charge in [-0.1, -0.05) is 164 Å². The lowest BCUT2D eigenvalue weighted by molar-refractivity contribution is 0.797. The summed E-state index contributed by atoms with van der Waals surface area (Å²) in [5.41, 5.74) is 12.6. The van der Waals surface area contributed by atoms with E-state index in [1.807, 2.05) is 24.3 Å². The van der Waals surface area contributed by atoms with Crippen molar-refractivity contribution in [1.29, 1.82) is 0 Å². The molecule has 1 heterocycles. The predicted octanol–water partition coefficient (Wildman–Crippen LogP) is 11.5. The molecule has 0 amide bonds. The van der Waals surface area contributed by atoms with Crippen LogP contribution in [0.5, 0.6) is 0 Å². The van der Waals surface area contributed by atoms with E-state index in [2.05, 4.69) is 152 Å². The Balaban J connectivity index is 1.13. The highest BCUT2D eigenvalue weighted by atomic mass is 15.0. The molecule has 3 nitrogen and oxygen atoms in total. The summed E-state index contributed by atoms with van der Waals surface area (Å²) in [6.07, 6.45) is 0. The molecule has 3 heteroatoms. The van der Waals surface area contributed by atoms with Crippen LogP contribution in [-0.4, -0.2) is 15.0 Å². The van der Waals surface area contributed by atoms with Crippen LogP contribution in [0.1, 0.15) is 22.3 Å². The molecule has 236 valence electrons. The first-order chi connectivity index (χ1) is 25.3. The van der Waals surface area contributed by atoms with Crippen molar-refractivity contribution >= 4 is 21.5 Å². The van der Waals surface area contributed by atoms with Crippen molar-refractivity contribution in [3.8, 4) is 56.4 Å². The molecule has 0 radical (unpaired) electrons. The Morgan fingerprint density at radius 2 is 0.784 bits per heavy atom. The van der Waals surface area contributed by atoms with Gasteiger partial charge in [0.25, 0.3) is 0 Å². The van der Waals surface area contributed by atoms with E-state index in [9.17, 15) is 0 Å². The van der Waals surface area contributed by atoms with Crippen molar-refractivity contribution < 1.29 is 0 Å². The van der Waals surface area contributed by atoms with Gasteiger partial charge in [-0.2, -0.15) is 0 Å². The van der Waals surface area contributed by atoms with Gasteiger partial charge in [-0.15, -0.1) is 0 Å². The molecule has 51 heavy (non-hydrogen) atoms. The number of rotatable bonds is 4. The van der Waals surface area contributed by atoms with Crippen LogP contribution in [0.3, 0.4) is 0 Å². The molecule has 0 fully saturated rings. The van der Waals surface area contributed by atoms with Crippen molar-refractivity contribution in [2.24, 2.45) is 0 Å². The minimum Gasteiger partial charge on any atom is -0.208 e. The van der Waals surface area contributed by atoms with E-state index in [-0.39, 0.29) is 0 Å². The van der Waals surface area contributed by atoms with Crippen molar-refractivity contribution in [3.05, 3.63) is 198 Å². The van der Waals surface area contributed by atoms with Crippen molar-refractivity contribution in [2.75, 3.05) is 0 Å². The zero-order valence-electron chi connectivity index (χ0n) is 27.6. The molecule has 2 aliphatic rings. The van der Waals surface area contributed by atoms with Crippen molar-refractivity contribution in [2.45, 2.75) is 5.41 Å². The zero-order valence-corrected chi connectivity index (χ0v) is 27.6. The summed E-state index contributed by atoms with van der Waals surface area (Å²) >= 11 is 0. The highest BCUT2D eigenvalue weighted by Gasteiger charge is 2.50. The summed E-state index contributed by atoms with van der Waals surface area (Å²) in [6.45, 7) is 0. The van der Waals surface area contributed by atoms with Crippen LogP contribution in [0.15, 0.2) is 176 Å². The van der Waals surface area contributed by atoms with E-state index in [4.69, 9.17) is 15.0 Å². The van der Waals surface area contributed by atoms with Crippen LogP contribution < -0.4 is 0 Å². The molecule has 8 aromatic carbocycles. The van der Waals surface area contributed by atoms with Crippen molar-refractivity contribution in [1.82, 2.24) is 15.0 Å². The molecule has 1 aromatic heterocycles. The molecule has 0 N–H and O–H groups in total. The normalized spacial score (nSPS) is 13.3. The molecular weight excluding hydrogens is 619 g/mol. The number of hydrogen-bond donors (Lipinski definition) is 0. The summed E-state index contributed by atoms with van der Waals surface area (Å²) in [5, 5.41) is 5.30. The lowest BCUT2D eigenvalue weighted by atomic mass is 9.70. The third-order valence-corrected chi connectivity index (χ3v) is 10.9. The molecule has 2 aliphatic carbocycles. The van der Waals surface area contributed by atoms with E-state index < -0.39 is 5.41 Å². The molecule has 1 spiro atoms. The summed E-state index contributed by atoms with van der Waals surface area (Å²) < 4.78 is 0. The standard InChI is InChI=1S/C48H29N3/c1-3-12-30(13-4-1)34-18-9-19-35(28-34)46-49-45(33-14-5-2-6-15-33)50-47(51-46)36-26-27-40-38(29-36)37-20-7-8-21-39(37)48(40)41-22-10-16-31-24-25-32-17-11-23-42(48)44(32)43(31)41/h1-29H. The van der Waals surface area contributed by atoms with Gasteiger partial charge in [0.15, 0.2) is 17.5 Å². The summed E-state index contributed by atoms with van der Waals surface area (Å²) in [4.78, 5) is 15.3. The van der Waals surface area contributed by atoms with E-state index in [0.29, 0.717) is 17.5 Å². The average molecular weight is 648 g/mol. The third kappa shape index (κ3) is 3.97. The van der Waals surface area contributed by atoms with Crippen LogP contribution in [0, 0.1) is 0 Å². The number of fused-ring (bicyclic) bond motifs is 7. The number of aromatic nitrogens is 3. The highest BCUT2D eigenvalue weighted by molar-refractivity contribution is 6.17. The maximum absolute atomic E-state index is 5.18. The Labute approximate surface area is 295 Å². The minimum absolute atomic E-state index is 0.398. The zero-order chi connectivity index (χ0) is 33.5. The first-order valence-corrected chi connectivity index (χ1v) is 17.4. The SMILES string of the molecule is c1ccc(-c2cccc(-c3nc(-c4ccccc4)nc(-c4ccc5c(c4)-c4ccccc4C54c5cccc6ccc7cccc4c7c56)n3)c2)cc1. The quantitative estimate of drug-likeness (QED) is 0.178. The summed E-state index contributed by atoms with van der Waals surface area (Å²) in [6, 6.07) is 63.1. The Bertz CT molecular complexity index is 2790. The largest absolute Gasteiger partial charge is 0.208 e. The molecule has 11 rings (SSSR count). The number of nitrogens with zero attached hydrogens (tertiary/aromatic N) is 3. The van der Waals surface area contributed by atoms with Gasteiger partial charge in [-0.3, -0.25) is 0 Å². The van der Waals surface area contributed by atoms with Gasteiger partial charge in [-0.25, -0.2) is 15.0 Å². The van der Waals surface area contributed by atoms with E-state index in [0.717, 1.165) is 27.8 Å². The molecule has 0 unspecified atom stereocenters. The fourth-order valence-corrected chi connectivity index (χ4v) is 8.75. The van der Waals surface area contributed by atoms with Gasteiger partial charge in [0.2, 0.25) is 0 Å². The fraction of sp³-hybridized carbons (Fsp3) is 0.0208. The minimum atomic E-state index is -0.398. The lowest BCUT2D eigenvalue weighted by Crippen LogP contribution is -2.26. The van der Waals surface area contributed by atoms with Gasteiger partial charge >= 0.3 is 0 Å². The maximum Gasteiger partial charge on any atom is 0.164 e. The van der Waals surface area contributed by atoms with Gasteiger partial charge in [0.1, 0.15) is 0 Å². The second-order valence-electron chi connectivity index (χ2n) is 13.5. The van der Waals surface area contributed by atoms with E-state index >= 15 is 0 Å². The Kier molecular flexibility index (Phi) is 5.88. The lowest BCUT2D eigenvalue weighted by Gasteiger charge is -2.30. The maximum atomic E-state index is 5.18. The number of benzene rings is 8. The van der Waals surface area contributed by atoms with E-state index in [1.165, 1.54) is 54.9 Å². The second-order valence-corrected chi connectivity index (χ2v) is 13.5. The molecule has 0 saturated carbocycles. The van der Waals surface area contributed by atoms with Crippen LogP contribution in [-0.2, 0) is 5.41 Å². The first-order valence-electron chi connectivity index (χ1n) is 17.4. The van der Waals surface area contributed by atoms with E-state index in [1.54, 1.807) is 0 Å². The highest BCUT2D eigenvalue weighted by Crippen LogP contribution is 2.62. The Morgan fingerprint density at radius 1 is 0.294 bits per heavy atom. The molecule has 9 aromatic rings. The van der Waals surface area contributed by atoms with Gasteiger partial charge in [-0.05, 0) is 78.2 Å². The fourth-order valence-electron chi connectivity index (χ4n) is 8.75. The third-order valence-electron chi connectivity index (χ3n) is 10.9. The Morgan fingerprint density at radius 3 is 1.47 bits per heavy atom. The second kappa shape index (κ2) is 10.6. The smallest absolute Gasteiger partial charge is 0.164 e. The van der Waals surface area contributed by atoms with Gasteiger partial charge < -0.3 is 0 Å².